The minimum absolute atomic E-state index is 0.166. The molecule has 1 amide bonds. The molecule has 2 heterocycles. The zero-order valence-corrected chi connectivity index (χ0v) is 15.8. The average molecular weight is 341 g/mol. The molecule has 3 rings (SSSR count). The van der Waals surface area contributed by atoms with Crippen LogP contribution >= 0.6 is 0 Å². The second-order valence-electron chi connectivity index (χ2n) is 7.13. The maximum absolute atomic E-state index is 12.7. The fourth-order valence-electron chi connectivity index (χ4n) is 3.70. The molecule has 25 heavy (non-hydrogen) atoms. The minimum Gasteiger partial charge on any atom is -0.342 e. The molecule has 1 fully saturated rings. The zero-order chi connectivity index (χ0) is 18.1. The van der Waals surface area contributed by atoms with E-state index in [9.17, 15) is 4.79 Å². The summed E-state index contributed by atoms with van der Waals surface area (Å²) in [5.41, 5.74) is 4.61. The number of aryl methyl sites for hydroxylation is 3. The lowest BCUT2D eigenvalue weighted by atomic mass is 10.1. The van der Waals surface area contributed by atoms with Crippen molar-refractivity contribution in [1.29, 1.82) is 0 Å². The van der Waals surface area contributed by atoms with E-state index in [0.29, 0.717) is 18.4 Å². The smallest absolute Gasteiger partial charge is 0.251 e. The number of aromatic nitrogens is 4. The van der Waals surface area contributed by atoms with Crippen molar-refractivity contribution >= 4 is 5.91 Å². The van der Waals surface area contributed by atoms with Crippen molar-refractivity contribution in [3.63, 3.8) is 0 Å². The quantitative estimate of drug-likeness (QED) is 0.858. The third kappa shape index (κ3) is 3.57. The monoisotopic (exact) mass is 341 g/mol. The molecule has 0 radical (unpaired) electrons. The van der Waals surface area contributed by atoms with Gasteiger partial charge in [-0.15, -0.1) is 0 Å². The van der Waals surface area contributed by atoms with Gasteiger partial charge in [-0.1, -0.05) is 12.8 Å². The molecule has 0 aliphatic heterocycles. The summed E-state index contributed by atoms with van der Waals surface area (Å²) in [6.07, 6.45) is 5.08. The molecule has 0 saturated heterocycles. The Hall–Kier alpha value is -2.24. The zero-order valence-electron chi connectivity index (χ0n) is 15.8. The number of hydrogen-bond acceptors (Lipinski definition) is 4. The highest BCUT2D eigenvalue weighted by atomic mass is 16.2. The summed E-state index contributed by atoms with van der Waals surface area (Å²) in [6.45, 7) is 7.83. The molecule has 134 valence electrons. The summed E-state index contributed by atoms with van der Waals surface area (Å²) in [5.74, 6) is 0.736. The van der Waals surface area contributed by atoms with Gasteiger partial charge in [0.15, 0.2) is 0 Å². The third-order valence-electron chi connectivity index (χ3n) is 5.19. The summed E-state index contributed by atoms with van der Waals surface area (Å²) in [6, 6.07) is 2.34. The van der Waals surface area contributed by atoms with E-state index in [-0.39, 0.29) is 5.91 Å². The maximum Gasteiger partial charge on any atom is 0.251 e. The Morgan fingerprint density at radius 2 is 1.76 bits per heavy atom. The van der Waals surface area contributed by atoms with Crippen molar-refractivity contribution in [3.8, 4) is 5.95 Å². The third-order valence-corrected chi connectivity index (χ3v) is 5.19. The van der Waals surface area contributed by atoms with E-state index in [1.165, 1.54) is 12.8 Å². The van der Waals surface area contributed by atoms with Crippen molar-refractivity contribution in [3.05, 3.63) is 34.4 Å². The van der Waals surface area contributed by atoms with Crippen LogP contribution in [-0.2, 0) is 11.2 Å². The van der Waals surface area contributed by atoms with Gasteiger partial charge in [-0.3, -0.25) is 4.79 Å². The van der Waals surface area contributed by atoms with Crippen LogP contribution in [0.5, 0.6) is 0 Å². The van der Waals surface area contributed by atoms with Crippen LogP contribution in [0.1, 0.15) is 54.0 Å². The first-order valence-electron chi connectivity index (χ1n) is 9.00. The van der Waals surface area contributed by atoms with E-state index in [1.807, 2.05) is 45.7 Å². The van der Waals surface area contributed by atoms with Gasteiger partial charge >= 0.3 is 0 Å². The number of nitrogens with zero attached hydrogens (tertiary/aromatic N) is 5. The molecule has 0 spiro atoms. The number of rotatable bonds is 4. The summed E-state index contributed by atoms with van der Waals surface area (Å²) in [5, 5.41) is 4.59. The number of hydrogen-bond donors (Lipinski definition) is 0. The molecule has 0 bridgehead atoms. The molecule has 1 saturated carbocycles. The van der Waals surface area contributed by atoms with E-state index in [4.69, 9.17) is 0 Å². The van der Waals surface area contributed by atoms with Gasteiger partial charge < -0.3 is 4.90 Å². The van der Waals surface area contributed by atoms with Crippen molar-refractivity contribution in [1.82, 2.24) is 24.6 Å². The van der Waals surface area contributed by atoms with Crippen molar-refractivity contribution in [2.75, 3.05) is 7.05 Å². The second-order valence-corrected chi connectivity index (χ2v) is 7.13. The summed E-state index contributed by atoms with van der Waals surface area (Å²) >= 11 is 0. The normalized spacial score (nSPS) is 14.9. The van der Waals surface area contributed by atoms with E-state index in [1.54, 1.807) is 4.68 Å². The van der Waals surface area contributed by atoms with E-state index < -0.39 is 0 Å². The summed E-state index contributed by atoms with van der Waals surface area (Å²) in [4.78, 5) is 23.6. The highest BCUT2D eigenvalue weighted by Crippen LogP contribution is 2.24. The van der Waals surface area contributed by atoms with Crippen LogP contribution in [0.25, 0.3) is 5.95 Å². The largest absolute Gasteiger partial charge is 0.342 e. The van der Waals surface area contributed by atoms with Crippen LogP contribution < -0.4 is 0 Å². The number of carbonyl (C=O) groups is 1. The van der Waals surface area contributed by atoms with Crippen LogP contribution in [0, 0.1) is 27.7 Å². The van der Waals surface area contributed by atoms with Crippen molar-refractivity contribution in [2.45, 2.75) is 65.8 Å². The first-order chi connectivity index (χ1) is 11.9. The predicted octanol–water partition coefficient (Wildman–Crippen LogP) is 2.84. The fourth-order valence-corrected chi connectivity index (χ4v) is 3.70. The molecule has 0 unspecified atom stereocenters. The van der Waals surface area contributed by atoms with Crippen LogP contribution in [0.3, 0.4) is 0 Å². The van der Waals surface area contributed by atoms with Crippen molar-refractivity contribution < 1.29 is 4.79 Å². The molecular formula is C19H27N5O. The predicted molar refractivity (Wildman–Crippen MR) is 96.8 cm³/mol. The Kier molecular flexibility index (Phi) is 4.88. The van der Waals surface area contributed by atoms with Gasteiger partial charge in [0.2, 0.25) is 5.91 Å². The SMILES string of the molecule is Cc1cc(C)nc(-n2nc(C)c(CC(=O)N(C)C3CCCC3)c2C)n1. The molecule has 1 aliphatic carbocycles. The first kappa shape index (κ1) is 17.6. The van der Waals surface area contributed by atoms with Gasteiger partial charge in [0, 0.05) is 35.7 Å². The van der Waals surface area contributed by atoms with Gasteiger partial charge in [0.25, 0.3) is 5.95 Å². The van der Waals surface area contributed by atoms with Gasteiger partial charge in [-0.2, -0.15) is 5.10 Å². The molecule has 2 aromatic heterocycles. The van der Waals surface area contributed by atoms with Crippen LogP contribution in [-0.4, -0.2) is 43.6 Å². The topological polar surface area (TPSA) is 63.9 Å². The Balaban J connectivity index is 1.85. The lowest BCUT2D eigenvalue weighted by Crippen LogP contribution is -2.36. The Labute approximate surface area is 149 Å². The Morgan fingerprint density at radius 3 is 2.36 bits per heavy atom. The van der Waals surface area contributed by atoms with Crippen molar-refractivity contribution in [2.24, 2.45) is 0 Å². The number of amides is 1. The van der Waals surface area contributed by atoms with E-state index >= 15 is 0 Å². The molecule has 0 atom stereocenters. The summed E-state index contributed by atoms with van der Waals surface area (Å²) in [7, 11) is 1.93. The first-order valence-corrected chi connectivity index (χ1v) is 9.00. The molecule has 2 aromatic rings. The Bertz CT molecular complexity index is 769. The van der Waals surface area contributed by atoms with Gasteiger partial charge in [-0.05, 0) is 46.6 Å². The molecular weight excluding hydrogens is 314 g/mol. The number of carbonyl (C=O) groups excluding carboxylic acids is 1. The van der Waals surface area contributed by atoms with Gasteiger partial charge in [-0.25, -0.2) is 14.6 Å². The lowest BCUT2D eigenvalue weighted by Gasteiger charge is -2.24. The maximum atomic E-state index is 12.7. The minimum atomic E-state index is 0.166. The molecule has 0 aromatic carbocycles. The molecule has 6 heteroatoms. The lowest BCUT2D eigenvalue weighted by molar-refractivity contribution is -0.131. The highest BCUT2D eigenvalue weighted by molar-refractivity contribution is 5.79. The molecule has 6 nitrogen and oxygen atoms in total. The molecule has 0 N–H and O–H groups in total. The average Bonchev–Trinajstić information content (AvgIpc) is 3.17. The Morgan fingerprint density at radius 1 is 1.16 bits per heavy atom. The molecule has 1 aliphatic rings. The number of likely N-dealkylation sites (N-methyl/N-ethyl adjacent to an activating group) is 1. The highest BCUT2D eigenvalue weighted by Gasteiger charge is 2.25. The second kappa shape index (κ2) is 6.94. The standard InChI is InChI=1S/C19H27N5O/c1-12-10-13(2)21-19(20-12)24-15(4)17(14(3)22-24)11-18(25)23(5)16-8-6-7-9-16/h10,16H,6-9,11H2,1-5H3. The van der Waals surface area contributed by atoms with Gasteiger partial charge in [0.05, 0.1) is 12.1 Å². The van der Waals surface area contributed by atoms with Crippen LogP contribution in [0.4, 0.5) is 0 Å². The van der Waals surface area contributed by atoms with Crippen LogP contribution in [0.15, 0.2) is 6.07 Å². The van der Waals surface area contributed by atoms with E-state index in [2.05, 4.69) is 15.1 Å². The fraction of sp³-hybridized carbons (Fsp3) is 0.579. The summed E-state index contributed by atoms with van der Waals surface area (Å²) < 4.78 is 1.76. The van der Waals surface area contributed by atoms with Gasteiger partial charge in [0.1, 0.15) is 0 Å². The van der Waals surface area contributed by atoms with Crippen LogP contribution in [0.2, 0.25) is 0 Å². The van der Waals surface area contributed by atoms with E-state index in [0.717, 1.165) is 41.2 Å².